The largest absolute Gasteiger partial charge is 0.320 e. The summed E-state index contributed by atoms with van der Waals surface area (Å²) in [5, 5.41) is -0.149. The smallest absolute Gasteiger partial charge is 0.145 e. The lowest BCUT2D eigenvalue weighted by molar-refractivity contribution is 0.539. The van der Waals surface area contributed by atoms with Crippen LogP contribution in [0.5, 0.6) is 0 Å². The van der Waals surface area contributed by atoms with Gasteiger partial charge in [0.1, 0.15) is 17.5 Å². The number of hydrogen-bond donors (Lipinski definition) is 1. The van der Waals surface area contributed by atoms with Crippen LogP contribution in [0.2, 0.25) is 5.02 Å². The zero-order valence-electron chi connectivity index (χ0n) is 9.43. The van der Waals surface area contributed by atoms with Crippen LogP contribution >= 0.6 is 27.5 Å². The Morgan fingerprint density at radius 1 is 1.05 bits per heavy atom. The Morgan fingerprint density at radius 3 is 2.32 bits per heavy atom. The van der Waals surface area contributed by atoms with Crippen molar-refractivity contribution in [1.82, 2.24) is 0 Å². The third-order valence-corrected chi connectivity index (χ3v) is 3.60. The highest BCUT2D eigenvalue weighted by molar-refractivity contribution is 9.10. The predicted molar refractivity (Wildman–Crippen MR) is 71.5 cm³/mol. The van der Waals surface area contributed by atoms with Crippen LogP contribution < -0.4 is 5.73 Å². The molecule has 2 rings (SSSR count). The Bertz CT molecular complexity index is 634. The van der Waals surface area contributed by atoms with Gasteiger partial charge in [0.15, 0.2) is 0 Å². The molecule has 1 atom stereocenters. The number of nitrogens with two attached hydrogens (primary N) is 1. The molecule has 0 saturated heterocycles. The zero-order valence-corrected chi connectivity index (χ0v) is 11.8. The third-order valence-electron chi connectivity index (χ3n) is 2.69. The van der Waals surface area contributed by atoms with Gasteiger partial charge < -0.3 is 5.73 Å². The average molecular weight is 351 g/mol. The number of hydrogen-bond acceptors (Lipinski definition) is 1. The lowest BCUT2D eigenvalue weighted by Crippen LogP contribution is -2.16. The molecule has 0 aliphatic carbocycles. The maximum Gasteiger partial charge on any atom is 0.145 e. The van der Waals surface area contributed by atoms with E-state index in [1.54, 1.807) is 0 Å². The molecule has 0 amide bonds. The Morgan fingerprint density at radius 2 is 1.68 bits per heavy atom. The van der Waals surface area contributed by atoms with Gasteiger partial charge in [-0.1, -0.05) is 17.7 Å². The van der Waals surface area contributed by atoms with Crippen LogP contribution in [0.1, 0.15) is 17.2 Å². The first-order valence-corrected chi connectivity index (χ1v) is 6.43. The normalized spacial score (nSPS) is 12.5. The van der Waals surface area contributed by atoms with Crippen molar-refractivity contribution in [2.75, 3.05) is 0 Å². The first-order chi connectivity index (χ1) is 8.91. The van der Waals surface area contributed by atoms with Crippen molar-refractivity contribution in [3.63, 3.8) is 0 Å². The maximum atomic E-state index is 13.9. The molecule has 1 unspecified atom stereocenters. The maximum absolute atomic E-state index is 13.9. The molecule has 0 bridgehead atoms. The summed E-state index contributed by atoms with van der Waals surface area (Å²) in [6, 6.07) is 4.97. The second-order valence-corrected chi connectivity index (χ2v) is 5.17. The molecule has 100 valence electrons. The minimum Gasteiger partial charge on any atom is -0.320 e. The molecular formula is C13H8BrClF3N. The number of halogens is 5. The predicted octanol–water partition coefficient (Wildman–Crippen LogP) is 4.57. The van der Waals surface area contributed by atoms with Gasteiger partial charge in [0, 0.05) is 5.56 Å². The first kappa shape index (κ1) is 14.4. The van der Waals surface area contributed by atoms with Gasteiger partial charge in [0.25, 0.3) is 0 Å². The molecule has 2 aromatic rings. The van der Waals surface area contributed by atoms with E-state index >= 15 is 0 Å². The fourth-order valence-electron chi connectivity index (χ4n) is 1.70. The highest BCUT2D eigenvalue weighted by Crippen LogP contribution is 2.30. The summed E-state index contributed by atoms with van der Waals surface area (Å²) < 4.78 is 40.8. The summed E-state index contributed by atoms with van der Waals surface area (Å²) >= 11 is 8.59. The summed E-state index contributed by atoms with van der Waals surface area (Å²) in [6.07, 6.45) is 0. The number of rotatable bonds is 2. The number of benzene rings is 2. The van der Waals surface area contributed by atoms with Gasteiger partial charge in [-0.3, -0.25) is 0 Å². The lowest BCUT2D eigenvalue weighted by Gasteiger charge is -2.15. The monoisotopic (exact) mass is 349 g/mol. The minimum absolute atomic E-state index is 0.104. The quantitative estimate of drug-likeness (QED) is 0.789. The fourth-order valence-corrected chi connectivity index (χ4v) is 2.24. The molecule has 0 spiro atoms. The first-order valence-electron chi connectivity index (χ1n) is 5.25. The van der Waals surface area contributed by atoms with Gasteiger partial charge in [0.2, 0.25) is 0 Å². The van der Waals surface area contributed by atoms with E-state index in [9.17, 15) is 13.2 Å². The molecule has 0 aliphatic heterocycles. The molecule has 2 aromatic carbocycles. The fraction of sp³-hybridized carbons (Fsp3) is 0.0769. The Kier molecular flexibility index (Phi) is 4.18. The van der Waals surface area contributed by atoms with Gasteiger partial charge in [-0.05, 0) is 45.8 Å². The Balaban J connectivity index is 2.52. The van der Waals surface area contributed by atoms with Crippen LogP contribution in [0.3, 0.4) is 0 Å². The molecule has 0 fully saturated rings. The van der Waals surface area contributed by atoms with Crippen molar-refractivity contribution in [2.24, 2.45) is 5.73 Å². The van der Waals surface area contributed by atoms with Crippen molar-refractivity contribution in [3.05, 3.63) is 68.4 Å². The van der Waals surface area contributed by atoms with E-state index in [1.807, 2.05) is 0 Å². The molecule has 2 N–H and O–H groups in total. The van der Waals surface area contributed by atoms with Crippen LogP contribution in [0.25, 0.3) is 0 Å². The van der Waals surface area contributed by atoms with Crippen LogP contribution in [-0.2, 0) is 0 Å². The van der Waals surface area contributed by atoms with Gasteiger partial charge in [-0.15, -0.1) is 0 Å². The van der Waals surface area contributed by atoms with Crippen LogP contribution in [0.15, 0.2) is 34.8 Å². The molecule has 0 aromatic heterocycles. The molecule has 0 saturated carbocycles. The summed E-state index contributed by atoms with van der Waals surface area (Å²) in [6.45, 7) is 0. The Labute approximate surface area is 121 Å². The van der Waals surface area contributed by atoms with E-state index in [-0.39, 0.29) is 15.1 Å². The lowest BCUT2D eigenvalue weighted by atomic mass is 9.98. The SMILES string of the molecule is NC(c1ccc(F)c(Cl)c1)c1c(F)ccc(Br)c1F. The van der Waals surface area contributed by atoms with E-state index in [0.717, 1.165) is 12.1 Å². The van der Waals surface area contributed by atoms with Crippen molar-refractivity contribution >= 4 is 27.5 Å². The molecule has 1 nitrogen and oxygen atoms in total. The van der Waals surface area contributed by atoms with Crippen LogP contribution in [0.4, 0.5) is 13.2 Å². The van der Waals surface area contributed by atoms with Gasteiger partial charge in [-0.2, -0.15) is 0 Å². The van der Waals surface area contributed by atoms with Crippen molar-refractivity contribution in [2.45, 2.75) is 6.04 Å². The minimum atomic E-state index is -1.07. The zero-order chi connectivity index (χ0) is 14.2. The van der Waals surface area contributed by atoms with Gasteiger partial charge in [-0.25, -0.2) is 13.2 Å². The summed E-state index contributed by atoms with van der Waals surface area (Å²) in [4.78, 5) is 0. The van der Waals surface area contributed by atoms with Crippen molar-refractivity contribution < 1.29 is 13.2 Å². The van der Waals surface area contributed by atoms with Gasteiger partial charge in [0.05, 0.1) is 15.5 Å². The highest BCUT2D eigenvalue weighted by Gasteiger charge is 2.21. The van der Waals surface area contributed by atoms with E-state index in [2.05, 4.69) is 15.9 Å². The van der Waals surface area contributed by atoms with E-state index in [4.69, 9.17) is 17.3 Å². The van der Waals surface area contributed by atoms with Crippen molar-refractivity contribution in [1.29, 1.82) is 0 Å². The summed E-state index contributed by atoms with van der Waals surface area (Å²) in [5.41, 5.74) is 5.85. The van der Waals surface area contributed by atoms with Crippen LogP contribution in [-0.4, -0.2) is 0 Å². The Hall–Kier alpha value is -1.04. The average Bonchev–Trinajstić information content (AvgIpc) is 2.37. The summed E-state index contributed by atoms with van der Waals surface area (Å²) in [5.74, 6) is -2.17. The van der Waals surface area contributed by atoms with E-state index < -0.39 is 23.5 Å². The van der Waals surface area contributed by atoms with E-state index in [0.29, 0.717) is 5.56 Å². The third kappa shape index (κ3) is 2.78. The van der Waals surface area contributed by atoms with Gasteiger partial charge >= 0.3 is 0 Å². The molecular weight excluding hydrogens is 343 g/mol. The summed E-state index contributed by atoms with van der Waals surface area (Å²) in [7, 11) is 0. The molecule has 0 radical (unpaired) electrons. The molecule has 6 heteroatoms. The molecule has 19 heavy (non-hydrogen) atoms. The van der Waals surface area contributed by atoms with E-state index in [1.165, 1.54) is 18.2 Å². The topological polar surface area (TPSA) is 26.0 Å². The standard InChI is InChI=1S/C13H8BrClF3N/c14-7-2-4-10(17)11(12(7)18)13(19)6-1-3-9(16)8(15)5-6/h1-5,13H,19H2. The highest BCUT2D eigenvalue weighted by atomic mass is 79.9. The molecule has 0 heterocycles. The molecule has 0 aliphatic rings. The second-order valence-electron chi connectivity index (χ2n) is 3.91. The van der Waals surface area contributed by atoms with Crippen molar-refractivity contribution in [3.8, 4) is 0 Å². The van der Waals surface area contributed by atoms with Crippen LogP contribution in [0, 0.1) is 17.5 Å². The second kappa shape index (κ2) is 5.53.